The summed E-state index contributed by atoms with van der Waals surface area (Å²) in [5, 5.41) is 0. The van der Waals surface area contributed by atoms with E-state index in [1.807, 2.05) is 36.9 Å². The van der Waals surface area contributed by atoms with E-state index in [0.717, 1.165) is 19.6 Å². The topological polar surface area (TPSA) is 78.9 Å². The first-order valence-corrected chi connectivity index (χ1v) is 12.8. The molecule has 0 aliphatic carbocycles. The third kappa shape index (κ3) is 7.99. The second-order valence-electron chi connectivity index (χ2n) is 8.50. The average Bonchev–Trinajstić information content (AvgIpc) is 2.83. The highest BCUT2D eigenvalue weighted by atomic mass is 32.2. The van der Waals surface area contributed by atoms with Gasteiger partial charge in [0, 0.05) is 39.3 Å². The Morgan fingerprint density at radius 1 is 1.03 bits per heavy atom. The number of carbonyl (C=O) groups excluding carboxylic acids is 1. The number of ether oxygens (including phenoxy) is 1. The van der Waals surface area contributed by atoms with Crippen LogP contribution in [0.4, 0.5) is 0 Å². The van der Waals surface area contributed by atoms with Crippen LogP contribution in [0.1, 0.15) is 19.4 Å². The molecule has 0 bridgehead atoms. The molecule has 0 unspecified atom stereocenters. The fraction of sp³-hybridized carbons (Fsp3) is 0.400. The summed E-state index contributed by atoms with van der Waals surface area (Å²) in [5.41, 5.74) is 1.18. The van der Waals surface area contributed by atoms with Gasteiger partial charge in [0.25, 0.3) is 5.91 Å². The number of sulfonamides is 1. The van der Waals surface area contributed by atoms with Crippen molar-refractivity contribution in [2.75, 3.05) is 45.9 Å². The number of nitrogens with zero attached hydrogens (tertiary/aromatic N) is 2. The molecule has 0 aromatic heterocycles. The fourth-order valence-corrected chi connectivity index (χ4v) is 4.61. The highest BCUT2D eigenvalue weighted by Crippen LogP contribution is 2.16. The van der Waals surface area contributed by atoms with Gasteiger partial charge in [-0.3, -0.25) is 9.69 Å². The van der Waals surface area contributed by atoms with Crippen LogP contribution in [-0.2, 0) is 14.8 Å². The number of piperazine rings is 1. The SMILES string of the molecule is CC(C)CNS(=O)(=O)c1ccc(OCC(=O)N2CCN(C/C=C/c3ccccc3)CC2)cc1. The summed E-state index contributed by atoms with van der Waals surface area (Å²) in [6.07, 6.45) is 4.26. The Hall–Kier alpha value is -2.68. The van der Waals surface area contributed by atoms with Gasteiger partial charge in [-0.15, -0.1) is 0 Å². The van der Waals surface area contributed by atoms with Gasteiger partial charge in [-0.2, -0.15) is 0 Å². The predicted octanol–water partition coefficient (Wildman–Crippen LogP) is 2.86. The zero-order valence-corrected chi connectivity index (χ0v) is 20.1. The maximum Gasteiger partial charge on any atom is 0.260 e. The van der Waals surface area contributed by atoms with Crippen molar-refractivity contribution in [2.45, 2.75) is 18.7 Å². The van der Waals surface area contributed by atoms with Crippen LogP contribution < -0.4 is 9.46 Å². The summed E-state index contributed by atoms with van der Waals surface area (Å²) >= 11 is 0. The minimum atomic E-state index is -3.54. The summed E-state index contributed by atoms with van der Waals surface area (Å²) in [6, 6.07) is 16.3. The van der Waals surface area contributed by atoms with Crippen LogP contribution in [0.3, 0.4) is 0 Å². The van der Waals surface area contributed by atoms with E-state index in [2.05, 4.69) is 33.9 Å². The van der Waals surface area contributed by atoms with Crippen LogP contribution >= 0.6 is 0 Å². The van der Waals surface area contributed by atoms with Crippen molar-refractivity contribution in [2.24, 2.45) is 5.92 Å². The van der Waals surface area contributed by atoms with Gasteiger partial charge in [0.05, 0.1) is 4.90 Å². The molecule has 1 amide bonds. The largest absolute Gasteiger partial charge is 0.484 e. The summed E-state index contributed by atoms with van der Waals surface area (Å²) in [6.45, 7) is 8.03. The van der Waals surface area contributed by atoms with Crippen LogP contribution in [0.25, 0.3) is 6.08 Å². The highest BCUT2D eigenvalue weighted by molar-refractivity contribution is 7.89. The van der Waals surface area contributed by atoms with E-state index in [9.17, 15) is 13.2 Å². The van der Waals surface area contributed by atoms with Gasteiger partial charge >= 0.3 is 0 Å². The molecule has 1 heterocycles. The number of hydrogen-bond acceptors (Lipinski definition) is 5. The fourth-order valence-electron chi connectivity index (χ4n) is 3.39. The van der Waals surface area contributed by atoms with Gasteiger partial charge in [0.15, 0.2) is 6.61 Å². The Kier molecular flexibility index (Phi) is 9.05. The van der Waals surface area contributed by atoms with Crippen LogP contribution in [0, 0.1) is 5.92 Å². The summed E-state index contributed by atoms with van der Waals surface area (Å²) in [5.74, 6) is 0.627. The van der Waals surface area contributed by atoms with E-state index in [1.54, 1.807) is 12.1 Å². The maximum atomic E-state index is 12.5. The second kappa shape index (κ2) is 12.0. The van der Waals surface area contributed by atoms with Crippen molar-refractivity contribution in [1.29, 1.82) is 0 Å². The van der Waals surface area contributed by atoms with E-state index in [1.165, 1.54) is 17.7 Å². The summed E-state index contributed by atoms with van der Waals surface area (Å²) in [7, 11) is -3.54. The average molecular weight is 472 g/mol. The molecule has 1 fully saturated rings. The van der Waals surface area contributed by atoms with Crippen molar-refractivity contribution in [1.82, 2.24) is 14.5 Å². The Labute approximate surface area is 197 Å². The third-order valence-corrected chi connectivity index (χ3v) is 6.82. The normalized spacial score (nSPS) is 15.3. The molecule has 3 rings (SSSR count). The molecule has 1 N–H and O–H groups in total. The zero-order valence-electron chi connectivity index (χ0n) is 19.3. The molecular formula is C25H33N3O4S. The van der Waals surface area contributed by atoms with Gasteiger partial charge in [0.2, 0.25) is 10.0 Å². The van der Waals surface area contributed by atoms with Crippen molar-refractivity contribution in [3.05, 3.63) is 66.2 Å². The molecule has 2 aromatic rings. The Balaban J connectivity index is 1.40. The lowest BCUT2D eigenvalue weighted by molar-refractivity contribution is -0.135. The summed E-state index contributed by atoms with van der Waals surface area (Å²) < 4.78 is 32.7. The first-order chi connectivity index (χ1) is 15.8. The van der Waals surface area contributed by atoms with Gasteiger partial charge in [-0.05, 0) is 35.7 Å². The molecule has 33 heavy (non-hydrogen) atoms. The molecule has 7 nitrogen and oxygen atoms in total. The van der Waals surface area contributed by atoms with Gasteiger partial charge in [-0.1, -0.05) is 56.3 Å². The number of nitrogens with one attached hydrogen (secondary N) is 1. The van der Waals surface area contributed by atoms with Crippen LogP contribution in [-0.4, -0.2) is 70.0 Å². The summed E-state index contributed by atoms with van der Waals surface area (Å²) in [4.78, 5) is 16.8. The van der Waals surface area contributed by atoms with Crippen molar-refractivity contribution in [3.8, 4) is 5.75 Å². The van der Waals surface area contributed by atoms with Crippen LogP contribution in [0.5, 0.6) is 5.75 Å². The molecule has 1 aliphatic heterocycles. The smallest absolute Gasteiger partial charge is 0.260 e. The van der Waals surface area contributed by atoms with Gasteiger partial charge in [-0.25, -0.2) is 13.1 Å². The minimum Gasteiger partial charge on any atom is -0.484 e. The monoisotopic (exact) mass is 471 g/mol. The van der Waals surface area contributed by atoms with Crippen molar-refractivity contribution < 1.29 is 17.9 Å². The molecule has 1 aliphatic rings. The molecule has 178 valence electrons. The molecule has 0 radical (unpaired) electrons. The first kappa shape index (κ1) is 25.0. The highest BCUT2D eigenvalue weighted by Gasteiger charge is 2.21. The van der Waals surface area contributed by atoms with Crippen molar-refractivity contribution in [3.63, 3.8) is 0 Å². The van der Waals surface area contributed by atoms with E-state index in [0.29, 0.717) is 25.4 Å². The van der Waals surface area contributed by atoms with Gasteiger partial charge < -0.3 is 9.64 Å². The molecular weight excluding hydrogens is 438 g/mol. The molecule has 8 heteroatoms. The Morgan fingerprint density at radius 2 is 1.70 bits per heavy atom. The standard InChI is InChI=1S/C25H33N3O4S/c1-21(2)19-26-33(30,31)24-12-10-23(11-13-24)32-20-25(29)28-17-15-27(16-18-28)14-6-9-22-7-4-3-5-8-22/h3-13,21,26H,14-20H2,1-2H3/b9-6+. The lowest BCUT2D eigenvalue weighted by Crippen LogP contribution is -2.49. The maximum absolute atomic E-state index is 12.5. The minimum absolute atomic E-state index is 0.0639. The molecule has 0 spiro atoms. The Bertz CT molecular complexity index is 1010. The predicted molar refractivity (Wildman–Crippen MR) is 130 cm³/mol. The number of amides is 1. The van der Waals surface area contributed by atoms with Crippen LogP contribution in [0.2, 0.25) is 0 Å². The molecule has 0 saturated carbocycles. The lowest BCUT2D eigenvalue weighted by Gasteiger charge is -2.34. The number of hydrogen-bond donors (Lipinski definition) is 1. The van der Waals surface area contributed by atoms with Gasteiger partial charge in [0.1, 0.15) is 5.75 Å². The molecule has 0 atom stereocenters. The van der Waals surface area contributed by atoms with E-state index < -0.39 is 10.0 Å². The number of rotatable bonds is 10. The van der Waals surface area contributed by atoms with Crippen LogP contribution in [0.15, 0.2) is 65.6 Å². The van der Waals surface area contributed by atoms with E-state index in [4.69, 9.17) is 4.74 Å². The Morgan fingerprint density at radius 3 is 2.33 bits per heavy atom. The third-order valence-electron chi connectivity index (χ3n) is 5.38. The first-order valence-electron chi connectivity index (χ1n) is 11.3. The zero-order chi connectivity index (χ0) is 23.7. The van der Waals surface area contributed by atoms with E-state index >= 15 is 0 Å². The van der Waals surface area contributed by atoms with Crippen molar-refractivity contribution >= 4 is 22.0 Å². The molecule has 2 aromatic carbocycles. The number of benzene rings is 2. The lowest BCUT2D eigenvalue weighted by atomic mass is 10.2. The second-order valence-corrected chi connectivity index (χ2v) is 10.3. The van der Waals surface area contributed by atoms with E-state index in [-0.39, 0.29) is 23.3 Å². The quantitative estimate of drug-likeness (QED) is 0.577. The number of carbonyl (C=O) groups is 1. The molecule has 1 saturated heterocycles.